The molecule has 0 saturated carbocycles. The summed E-state index contributed by atoms with van der Waals surface area (Å²) in [4.78, 5) is 43.3. The summed E-state index contributed by atoms with van der Waals surface area (Å²) in [5, 5.41) is 3.49. The fourth-order valence-corrected chi connectivity index (χ4v) is 5.47. The maximum absolute atomic E-state index is 13.1. The van der Waals surface area contributed by atoms with Crippen LogP contribution in [0.3, 0.4) is 0 Å². The Bertz CT molecular complexity index is 988. The average Bonchev–Trinajstić information content (AvgIpc) is 3.34. The first-order valence-electron chi connectivity index (χ1n) is 10.7. The number of rotatable bonds is 6. The molecule has 1 N–H and O–H groups in total. The fraction of sp³-hybridized carbons (Fsp3) is 0.435. The molecule has 0 radical (unpaired) electrons. The van der Waals surface area contributed by atoms with Gasteiger partial charge >= 0.3 is 5.97 Å². The van der Waals surface area contributed by atoms with Crippen LogP contribution in [-0.2, 0) is 27.3 Å². The quantitative estimate of drug-likeness (QED) is 0.696. The molecule has 31 heavy (non-hydrogen) atoms. The van der Waals surface area contributed by atoms with Crippen molar-refractivity contribution in [2.45, 2.75) is 33.2 Å². The van der Waals surface area contributed by atoms with Crippen molar-refractivity contribution in [3.05, 3.63) is 46.3 Å². The Labute approximate surface area is 186 Å². The lowest BCUT2D eigenvalue weighted by atomic mass is 10.0. The number of ether oxygens (including phenoxy) is 1. The van der Waals surface area contributed by atoms with Gasteiger partial charge in [-0.3, -0.25) is 14.5 Å². The van der Waals surface area contributed by atoms with Crippen LogP contribution >= 0.6 is 11.3 Å². The van der Waals surface area contributed by atoms with Crippen LogP contribution in [-0.4, -0.2) is 48.9 Å². The Morgan fingerprint density at radius 3 is 2.71 bits per heavy atom. The Balaban J connectivity index is 1.55. The molecule has 8 heteroatoms. The summed E-state index contributed by atoms with van der Waals surface area (Å²) < 4.78 is 5.29. The number of fused-ring (bicyclic) bond motifs is 1. The van der Waals surface area contributed by atoms with Gasteiger partial charge in [0.25, 0.3) is 0 Å². The molecule has 164 valence electrons. The number of hydrogen-bond donors (Lipinski definition) is 1. The van der Waals surface area contributed by atoms with E-state index in [4.69, 9.17) is 4.74 Å². The maximum atomic E-state index is 13.1. The van der Waals surface area contributed by atoms with Crippen LogP contribution in [0.15, 0.2) is 30.3 Å². The van der Waals surface area contributed by atoms with Crippen LogP contribution in [0.2, 0.25) is 0 Å². The number of amides is 2. The molecule has 1 saturated heterocycles. The third-order valence-corrected chi connectivity index (χ3v) is 7.00. The van der Waals surface area contributed by atoms with Crippen LogP contribution in [0.1, 0.15) is 41.1 Å². The number of nitrogens with one attached hydrogen (secondary N) is 1. The molecule has 4 rings (SSSR count). The monoisotopic (exact) mass is 441 g/mol. The van der Waals surface area contributed by atoms with Crippen molar-refractivity contribution >= 4 is 39.8 Å². The van der Waals surface area contributed by atoms with E-state index in [2.05, 4.69) is 17.1 Å². The number of anilines is 2. The minimum Gasteiger partial charge on any atom is -0.462 e. The SMILES string of the molecule is CCOC(=O)c1c(NC(=O)C2CC(=O)N(c3ccccc3)C2)sc2c1CCN(CC)C2. The van der Waals surface area contributed by atoms with Crippen molar-refractivity contribution in [1.82, 2.24) is 4.90 Å². The van der Waals surface area contributed by atoms with Crippen LogP contribution in [0.4, 0.5) is 10.7 Å². The molecular weight excluding hydrogens is 414 g/mol. The molecule has 2 aliphatic rings. The lowest BCUT2D eigenvalue weighted by molar-refractivity contribution is -0.122. The van der Waals surface area contributed by atoms with E-state index in [0.717, 1.165) is 42.2 Å². The van der Waals surface area contributed by atoms with Crippen molar-refractivity contribution in [3.63, 3.8) is 0 Å². The average molecular weight is 442 g/mol. The molecule has 1 aromatic carbocycles. The van der Waals surface area contributed by atoms with Crippen molar-refractivity contribution in [2.75, 3.05) is 36.5 Å². The third-order valence-electron chi connectivity index (χ3n) is 5.86. The van der Waals surface area contributed by atoms with Crippen LogP contribution < -0.4 is 10.2 Å². The van der Waals surface area contributed by atoms with E-state index in [9.17, 15) is 14.4 Å². The number of nitrogens with zero attached hydrogens (tertiary/aromatic N) is 2. The van der Waals surface area contributed by atoms with Gasteiger partial charge in [0.1, 0.15) is 5.00 Å². The zero-order chi connectivity index (χ0) is 22.0. The summed E-state index contributed by atoms with van der Waals surface area (Å²) in [5.74, 6) is -1.16. The molecule has 7 nitrogen and oxygen atoms in total. The summed E-state index contributed by atoms with van der Waals surface area (Å²) in [6, 6.07) is 9.37. The number of esters is 1. The van der Waals surface area contributed by atoms with Crippen LogP contribution in [0, 0.1) is 5.92 Å². The lowest BCUT2D eigenvalue weighted by Gasteiger charge is -2.25. The molecule has 3 heterocycles. The molecule has 2 aliphatic heterocycles. The molecule has 2 aromatic rings. The van der Waals surface area contributed by atoms with Gasteiger partial charge in [0.05, 0.1) is 18.1 Å². The minimum absolute atomic E-state index is 0.0685. The largest absolute Gasteiger partial charge is 0.462 e. The zero-order valence-electron chi connectivity index (χ0n) is 17.8. The number of para-hydroxylation sites is 1. The maximum Gasteiger partial charge on any atom is 0.341 e. The number of hydrogen-bond acceptors (Lipinski definition) is 6. The Kier molecular flexibility index (Phi) is 6.38. The van der Waals surface area contributed by atoms with E-state index in [1.165, 1.54) is 11.3 Å². The van der Waals surface area contributed by atoms with Crippen molar-refractivity contribution in [2.24, 2.45) is 5.92 Å². The van der Waals surface area contributed by atoms with E-state index in [1.807, 2.05) is 30.3 Å². The van der Waals surface area contributed by atoms with E-state index < -0.39 is 11.9 Å². The molecule has 0 spiro atoms. The van der Waals surface area contributed by atoms with Crippen LogP contribution in [0.25, 0.3) is 0 Å². The van der Waals surface area contributed by atoms with Gasteiger partial charge in [-0.15, -0.1) is 11.3 Å². The Morgan fingerprint density at radius 2 is 2.00 bits per heavy atom. The number of carbonyl (C=O) groups is 3. The van der Waals surface area contributed by atoms with Gasteiger partial charge in [-0.1, -0.05) is 25.1 Å². The number of likely N-dealkylation sites (N-methyl/N-ethyl adjacent to an activating group) is 1. The molecule has 1 unspecified atom stereocenters. The first kappa shape index (κ1) is 21.5. The van der Waals surface area contributed by atoms with Gasteiger partial charge in [0.2, 0.25) is 11.8 Å². The van der Waals surface area contributed by atoms with Gasteiger partial charge in [-0.25, -0.2) is 4.79 Å². The highest BCUT2D eigenvalue weighted by molar-refractivity contribution is 7.17. The number of benzene rings is 1. The van der Waals surface area contributed by atoms with Crippen molar-refractivity contribution in [1.29, 1.82) is 0 Å². The predicted octanol–water partition coefficient (Wildman–Crippen LogP) is 3.29. The molecule has 1 fully saturated rings. The summed E-state index contributed by atoms with van der Waals surface area (Å²) in [7, 11) is 0. The zero-order valence-corrected chi connectivity index (χ0v) is 18.7. The van der Waals surface area contributed by atoms with Crippen molar-refractivity contribution < 1.29 is 19.1 Å². The highest BCUT2D eigenvalue weighted by atomic mass is 32.1. The van der Waals surface area contributed by atoms with Gasteiger partial charge < -0.3 is 15.0 Å². The Hall–Kier alpha value is -2.71. The predicted molar refractivity (Wildman–Crippen MR) is 120 cm³/mol. The molecular formula is C23H27N3O4S. The summed E-state index contributed by atoms with van der Waals surface area (Å²) >= 11 is 1.45. The third kappa shape index (κ3) is 4.36. The number of thiophene rings is 1. The molecule has 2 amide bonds. The second kappa shape index (κ2) is 9.20. The molecule has 0 aliphatic carbocycles. The Morgan fingerprint density at radius 1 is 1.23 bits per heavy atom. The lowest BCUT2D eigenvalue weighted by Crippen LogP contribution is -2.30. The highest BCUT2D eigenvalue weighted by Gasteiger charge is 2.36. The first-order valence-corrected chi connectivity index (χ1v) is 11.5. The molecule has 1 aromatic heterocycles. The van der Waals surface area contributed by atoms with E-state index in [0.29, 0.717) is 17.1 Å². The smallest absolute Gasteiger partial charge is 0.341 e. The van der Waals surface area contributed by atoms with E-state index in [-0.39, 0.29) is 24.8 Å². The summed E-state index contributed by atoms with van der Waals surface area (Å²) in [6.45, 7) is 7.08. The summed E-state index contributed by atoms with van der Waals surface area (Å²) in [5.41, 5.74) is 2.26. The summed E-state index contributed by atoms with van der Waals surface area (Å²) in [6.07, 6.45) is 0.914. The van der Waals surface area contributed by atoms with Gasteiger partial charge in [-0.05, 0) is 37.6 Å². The molecule has 0 bridgehead atoms. The topological polar surface area (TPSA) is 78.9 Å². The normalized spacial score (nSPS) is 18.7. The highest BCUT2D eigenvalue weighted by Crippen LogP contribution is 2.38. The van der Waals surface area contributed by atoms with Gasteiger partial charge in [0, 0.05) is 36.6 Å². The van der Waals surface area contributed by atoms with Crippen LogP contribution in [0.5, 0.6) is 0 Å². The van der Waals surface area contributed by atoms with E-state index in [1.54, 1.807) is 11.8 Å². The second-order valence-electron chi connectivity index (χ2n) is 7.78. The first-order chi connectivity index (χ1) is 15.0. The van der Waals surface area contributed by atoms with Gasteiger partial charge in [-0.2, -0.15) is 0 Å². The second-order valence-corrected chi connectivity index (χ2v) is 8.88. The number of carbonyl (C=O) groups excluding carboxylic acids is 3. The van der Waals surface area contributed by atoms with Crippen molar-refractivity contribution in [3.8, 4) is 0 Å². The fourth-order valence-electron chi connectivity index (χ4n) is 4.19. The minimum atomic E-state index is -0.464. The standard InChI is InChI=1S/C23H27N3O4S/c1-3-25-11-10-17-18(14-25)31-22(20(17)23(29)30-4-2)24-21(28)15-12-19(27)26(13-15)16-8-6-5-7-9-16/h5-9,15H,3-4,10-14H2,1-2H3,(H,24,28). The van der Waals surface area contributed by atoms with E-state index >= 15 is 0 Å². The van der Waals surface area contributed by atoms with Gasteiger partial charge in [0.15, 0.2) is 0 Å². The molecule has 1 atom stereocenters.